The Bertz CT molecular complexity index is 1540. The summed E-state index contributed by atoms with van der Waals surface area (Å²) >= 11 is 0. The van der Waals surface area contributed by atoms with Crippen molar-refractivity contribution in [2.24, 2.45) is 9.98 Å². The van der Waals surface area contributed by atoms with E-state index in [0.717, 1.165) is 70.2 Å². The summed E-state index contributed by atoms with van der Waals surface area (Å²) in [5.41, 5.74) is 7.03. The molecular weight excluding hydrogens is 675 g/mol. The summed E-state index contributed by atoms with van der Waals surface area (Å²) in [6.45, 7) is 12.7. The summed E-state index contributed by atoms with van der Waals surface area (Å²) in [7, 11) is 0. The molecule has 1 aliphatic carbocycles. The molecule has 0 amide bonds. The van der Waals surface area contributed by atoms with Crippen LogP contribution in [0, 0.1) is 13.8 Å². The van der Waals surface area contributed by atoms with E-state index in [4.69, 9.17) is 9.98 Å². The van der Waals surface area contributed by atoms with E-state index in [-0.39, 0.29) is 68.5 Å². The minimum Gasteiger partial charge on any atom is -1.00 e. The van der Waals surface area contributed by atoms with Crippen molar-refractivity contribution >= 4 is 12.4 Å². The number of aryl methyl sites for hydroxylation is 2. The van der Waals surface area contributed by atoms with Crippen LogP contribution in [0.4, 0.5) is 0 Å². The van der Waals surface area contributed by atoms with Crippen LogP contribution in [0.1, 0.15) is 97.9 Å². The summed E-state index contributed by atoms with van der Waals surface area (Å²) in [6.07, 6.45) is 7.78. The first-order valence-electron chi connectivity index (χ1n) is 15.8. The van der Waals surface area contributed by atoms with Gasteiger partial charge in [0, 0.05) is 62.6 Å². The third-order valence-electron chi connectivity index (χ3n) is 9.41. The number of aromatic hydroxyl groups is 2. The molecule has 6 heteroatoms. The molecule has 2 N–H and O–H groups in total. The maximum atomic E-state index is 11.4. The molecule has 0 aromatic heterocycles. The Morgan fingerprint density at radius 2 is 0.957 bits per heavy atom. The van der Waals surface area contributed by atoms with Crippen molar-refractivity contribution in [2.75, 3.05) is 0 Å². The molecule has 0 spiro atoms. The van der Waals surface area contributed by atoms with E-state index in [0.29, 0.717) is 0 Å². The van der Waals surface area contributed by atoms with Gasteiger partial charge in [-0.1, -0.05) is 113 Å². The molecule has 0 aliphatic heterocycles. The van der Waals surface area contributed by atoms with Crippen molar-refractivity contribution in [1.82, 2.24) is 0 Å². The first-order chi connectivity index (χ1) is 21.0. The minimum atomic E-state index is -0.360. The van der Waals surface area contributed by atoms with Crippen LogP contribution >= 0.6 is 0 Å². The number of nitrogens with zero attached hydrogens (tertiary/aromatic N) is 2. The fourth-order valence-electron chi connectivity index (χ4n) is 6.58. The van der Waals surface area contributed by atoms with Gasteiger partial charge in [-0.25, -0.2) is 0 Å². The second-order valence-electron chi connectivity index (χ2n) is 13.5. The van der Waals surface area contributed by atoms with Crippen LogP contribution in [0.3, 0.4) is 0 Å². The zero-order chi connectivity index (χ0) is 31.5. The summed E-state index contributed by atoms with van der Waals surface area (Å²) in [5, 5.41) is 22.9. The predicted octanol–water partition coefficient (Wildman–Crippen LogP) is 6.22. The fraction of sp³-hybridized carbons (Fsp3) is 0.350. The number of benzene rings is 4. The average molecular weight is 722 g/mol. The molecule has 2 atom stereocenters. The predicted molar refractivity (Wildman–Crippen MR) is 184 cm³/mol. The van der Waals surface area contributed by atoms with E-state index in [9.17, 15) is 10.2 Å². The van der Waals surface area contributed by atoms with E-state index in [1.807, 2.05) is 61.0 Å². The number of hydrogen-bond acceptors (Lipinski definition) is 4. The fourth-order valence-corrected chi connectivity index (χ4v) is 6.58. The van der Waals surface area contributed by atoms with Gasteiger partial charge in [-0.05, 0) is 61.1 Å². The van der Waals surface area contributed by atoms with Gasteiger partial charge in [0.05, 0.1) is 12.1 Å². The standard InChI is InChI=1S/C40H46N2O2.BrH.Mn/c1-27-21-29(37(43)33(23-27)39(3,4)31-15-9-7-10-16-31)25-41-35-19-13-14-20-36(35)42-26-30-22-28(2)24-34(38(30)44)40(5,6)32-17-11-8-12-18-32;;/h7-12,15-18,21-26,35-36,43-44H,13-14,19-20H2,1-6H3;1H;/p-1/t35-,36-;;/m1../s1. The molecular formula is C40H46BrMnN2O2-. The number of halogens is 1. The van der Waals surface area contributed by atoms with Crippen molar-refractivity contribution in [2.45, 2.75) is 90.1 Å². The molecule has 1 radical (unpaired) electrons. The maximum absolute atomic E-state index is 11.4. The second kappa shape index (κ2) is 15.6. The first-order valence-corrected chi connectivity index (χ1v) is 15.8. The Morgan fingerprint density at radius 1 is 0.609 bits per heavy atom. The Balaban J connectivity index is 0.00000288. The Morgan fingerprint density at radius 3 is 1.30 bits per heavy atom. The van der Waals surface area contributed by atoms with E-state index in [1.54, 1.807) is 0 Å². The van der Waals surface area contributed by atoms with Gasteiger partial charge in [0.2, 0.25) is 0 Å². The Kier molecular flexibility index (Phi) is 12.6. The van der Waals surface area contributed by atoms with Crippen molar-refractivity contribution in [3.8, 4) is 11.5 Å². The van der Waals surface area contributed by atoms with Crippen molar-refractivity contribution < 1.29 is 44.3 Å². The number of phenols is 2. The molecule has 1 aliphatic rings. The third kappa shape index (κ3) is 8.02. The van der Waals surface area contributed by atoms with Gasteiger partial charge in [0.25, 0.3) is 0 Å². The van der Waals surface area contributed by atoms with Crippen LogP contribution in [-0.2, 0) is 27.9 Å². The van der Waals surface area contributed by atoms with Crippen molar-refractivity contribution in [3.63, 3.8) is 0 Å². The number of hydrogen-bond donors (Lipinski definition) is 2. The largest absolute Gasteiger partial charge is 1.00 e. The van der Waals surface area contributed by atoms with Gasteiger partial charge in [-0.3, -0.25) is 9.98 Å². The van der Waals surface area contributed by atoms with Gasteiger partial charge >= 0.3 is 0 Å². The van der Waals surface area contributed by atoms with Gasteiger partial charge in [-0.15, -0.1) is 0 Å². The van der Waals surface area contributed by atoms with Gasteiger partial charge in [-0.2, -0.15) is 0 Å². The van der Waals surface area contributed by atoms with Gasteiger partial charge in [0.15, 0.2) is 0 Å². The van der Waals surface area contributed by atoms with E-state index in [2.05, 4.69) is 77.9 Å². The minimum absolute atomic E-state index is 0. The molecule has 0 bridgehead atoms. The van der Waals surface area contributed by atoms with Crippen LogP contribution in [0.2, 0.25) is 0 Å². The molecule has 0 heterocycles. The summed E-state index contributed by atoms with van der Waals surface area (Å²) in [4.78, 5) is 10.0. The third-order valence-corrected chi connectivity index (χ3v) is 9.41. The van der Waals surface area contributed by atoms with Gasteiger partial charge < -0.3 is 27.2 Å². The summed E-state index contributed by atoms with van der Waals surface area (Å²) < 4.78 is 0. The molecule has 4 nitrogen and oxygen atoms in total. The van der Waals surface area contributed by atoms with Gasteiger partial charge in [0.1, 0.15) is 11.5 Å². The first kappa shape index (κ1) is 37.3. The van der Waals surface area contributed by atoms with Crippen molar-refractivity contribution in [3.05, 3.63) is 129 Å². The van der Waals surface area contributed by atoms with E-state index >= 15 is 0 Å². The zero-order valence-electron chi connectivity index (χ0n) is 27.8. The summed E-state index contributed by atoms with van der Waals surface area (Å²) in [5.74, 6) is 0.560. The molecule has 1 fully saturated rings. The number of aliphatic imine (C=N–C) groups is 2. The smallest absolute Gasteiger partial charge is 0.128 e. The second-order valence-corrected chi connectivity index (χ2v) is 13.5. The van der Waals surface area contributed by atoms with Crippen molar-refractivity contribution in [1.29, 1.82) is 0 Å². The molecule has 0 saturated heterocycles. The average Bonchev–Trinajstić information content (AvgIpc) is 3.02. The number of rotatable bonds is 8. The quantitative estimate of drug-likeness (QED) is 0.168. The van der Waals surface area contributed by atoms with Crippen LogP contribution < -0.4 is 17.0 Å². The molecule has 4 aromatic rings. The van der Waals surface area contributed by atoms with Crippen LogP contribution in [-0.4, -0.2) is 34.7 Å². The molecule has 4 aromatic carbocycles. The van der Waals surface area contributed by atoms with Crippen LogP contribution in [0.25, 0.3) is 0 Å². The zero-order valence-corrected chi connectivity index (χ0v) is 30.5. The molecule has 1 saturated carbocycles. The molecule has 5 rings (SSSR count). The van der Waals surface area contributed by atoms with Crippen LogP contribution in [0.15, 0.2) is 94.9 Å². The Labute approximate surface area is 296 Å². The van der Waals surface area contributed by atoms with Crippen LogP contribution in [0.5, 0.6) is 11.5 Å². The topological polar surface area (TPSA) is 65.2 Å². The Hall–Kier alpha value is -3.18. The monoisotopic (exact) mass is 720 g/mol. The number of phenolic OH excluding ortho intramolecular Hbond substituents is 2. The maximum Gasteiger partial charge on any atom is 0.128 e. The molecule has 46 heavy (non-hydrogen) atoms. The summed E-state index contributed by atoms with van der Waals surface area (Å²) in [6, 6.07) is 28.8. The normalized spacial score (nSPS) is 17.1. The molecule has 243 valence electrons. The molecule has 0 unspecified atom stereocenters. The SMILES string of the molecule is Cc1cc(C=N[C@@H]2CCCC[C@H]2N=Cc2cc(C)cc(C(C)(C)c3ccccc3)c2O)c(O)c(C(C)(C)c2ccccc2)c1.[Br-].[Mn]. The van der Waals surface area contributed by atoms with E-state index in [1.165, 1.54) is 0 Å². The van der Waals surface area contributed by atoms with E-state index < -0.39 is 0 Å².